The third kappa shape index (κ3) is 3.03. The summed E-state index contributed by atoms with van der Waals surface area (Å²) < 4.78 is 1.43. The number of rotatable bonds is 5. The number of nitrogens with one attached hydrogen (secondary N) is 1. The Labute approximate surface area is 116 Å². The molecule has 0 atom stereocenters. The fourth-order valence-corrected chi connectivity index (χ4v) is 2.00. The molecule has 0 spiro atoms. The van der Waals surface area contributed by atoms with Crippen LogP contribution in [0.25, 0.3) is 10.9 Å². The monoisotopic (exact) mass is 275 g/mol. The molecule has 1 aromatic carbocycles. The van der Waals surface area contributed by atoms with Crippen molar-refractivity contribution in [2.24, 2.45) is 0 Å². The highest BCUT2D eigenvalue weighted by Crippen LogP contribution is 2.11. The lowest BCUT2D eigenvalue weighted by Gasteiger charge is -2.08. The number of aliphatic hydroxyl groups excluding tert-OH is 1. The molecule has 1 heterocycles. The van der Waals surface area contributed by atoms with Gasteiger partial charge in [0.25, 0.3) is 5.56 Å². The first-order valence-electron chi connectivity index (χ1n) is 6.46. The minimum atomic E-state index is -0.199. The average Bonchev–Trinajstić information content (AvgIpc) is 2.45. The van der Waals surface area contributed by atoms with Crippen molar-refractivity contribution in [3.05, 3.63) is 40.4 Å². The number of nitrogens with zero attached hydrogens (tertiary/aromatic N) is 2. The highest BCUT2D eigenvalue weighted by atomic mass is 16.3. The Hall–Kier alpha value is -2.21. The van der Waals surface area contributed by atoms with Crippen molar-refractivity contribution in [1.29, 1.82) is 0 Å². The molecular formula is C14H17N3O3. The highest BCUT2D eigenvalue weighted by molar-refractivity contribution is 5.80. The van der Waals surface area contributed by atoms with Crippen molar-refractivity contribution in [3.8, 4) is 0 Å². The second-order valence-corrected chi connectivity index (χ2v) is 4.54. The Balaban J connectivity index is 2.18. The SMILES string of the molecule is Cc1cccc2c(=O)n(CCC(=O)NCCO)cnc12. The Morgan fingerprint density at radius 1 is 1.45 bits per heavy atom. The van der Waals surface area contributed by atoms with Crippen LogP contribution in [0.3, 0.4) is 0 Å². The maximum absolute atomic E-state index is 12.3. The van der Waals surface area contributed by atoms with Gasteiger partial charge in [-0.1, -0.05) is 12.1 Å². The summed E-state index contributed by atoms with van der Waals surface area (Å²) >= 11 is 0. The number of fused-ring (bicyclic) bond motifs is 1. The molecule has 0 aliphatic rings. The molecule has 106 valence electrons. The van der Waals surface area contributed by atoms with Crippen LogP contribution in [0.4, 0.5) is 0 Å². The van der Waals surface area contributed by atoms with E-state index in [0.29, 0.717) is 10.9 Å². The molecule has 6 nitrogen and oxygen atoms in total. The number of para-hydroxylation sites is 1. The van der Waals surface area contributed by atoms with Crippen LogP contribution in [0.2, 0.25) is 0 Å². The van der Waals surface area contributed by atoms with Crippen LogP contribution in [0, 0.1) is 6.92 Å². The predicted molar refractivity (Wildman–Crippen MR) is 75.5 cm³/mol. The van der Waals surface area contributed by atoms with E-state index in [1.165, 1.54) is 10.9 Å². The van der Waals surface area contributed by atoms with Crippen molar-refractivity contribution in [2.75, 3.05) is 13.2 Å². The van der Waals surface area contributed by atoms with E-state index < -0.39 is 0 Å². The topological polar surface area (TPSA) is 84.2 Å². The van der Waals surface area contributed by atoms with E-state index in [2.05, 4.69) is 10.3 Å². The quantitative estimate of drug-likeness (QED) is 0.816. The van der Waals surface area contributed by atoms with Gasteiger partial charge in [-0.05, 0) is 18.6 Å². The summed E-state index contributed by atoms with van der Waals surface area (Å²) in [6, 6.07) is 5.46. The average molecular weight is 275 g/mol. The molecule has 2 aromatic rings. The lowest BCUT2D eigenvalue weighted by atomic mass is 10.1. The minimum Gasteiger partial charge on any atom is -0.395 e. The highest BCUT2D eigenvalue weighted by Gasteiger charge is 2.07. The van der Waals surface area contributed by atoms with E-state index in [-0.39, 0.29) is 37.6 Å². The van der Waals surface area contributed by atoms with E-state index in [4.69, 9.17) is 5.11 Å². The molecule has 0 radical (unpaired) electrons. The zero-order valence-corrected chi connectivity index (χ0v) is 11.3. The Kier molecular flexibility index (Phi) is 4.47. The minimum absolute atomic E-state index is 0.0947. The second kappa shape index (κ2) is 6.29. The molecule has 0 aliphatic heterocycles. The van der Waals surface area contributed by atoms with Gasteiger partial charge in [-0.3, -0.25) is 14.2 Å². The Morgan fingerprint density at radius 2 is 2.25 bits per heavy atom. The van der Waals surface area contributed by atoms with Gasteiger partial charge in [0.1, 0.15) is 0 Å². The van der Waals surface area contributed by atoms with Crippen LogP contribution in [-0.2, 0) is 11.3 Å². The molecule has 0 fully saturated rings. The zero-order chi connectivity index (χ0) is 14.5. The summed E-state index contributed by atoms with van der Waals surface area (Å²) in [5.74, 6) is -0.199. The number of hydrogen-bond acceptors (Lipinski definition) is 4. The van der Waals surface area contributed by atoms with Gasteiger partial charge in [-0.2, -0.15) is 0 Å². The summed E-state index contributed by atoms with van der Waals surface area (Å²) in [7, 11) is 0. The van der Waals surface area contributed by atoms with Crippen molar-refractivity contribution in [3.63, 3.8) is 0 Å². The zero-order valence-electron chi connectivity index (χ0n) is 11.3. The van der Waals surface area contributed by atoms with Crippen molar-refractivity contribution >= 4 is 16.8 Å². The third-order valence-electron chi connectivity index (χ3n) is 3.07. The van der Waals surface area contributed by atoms with Gasteiger partial charge in [0.2, 0.25) is 5.91 Å². The number of aliphatic hydroxyl groups is 1. The van der Waals surface area contributed by atoms with E-state index in [0.717, 1.165) is 5.56 Å². The van der Waals surface area contributed by atoms with Gasteiger partial charge in [0.05, 0.1) is 23.8 Å². The lowest BCUT2D eigenvalue weighted by Crippen LogP contribution is -2.29. The van der Waals surface area contributed by atoms with Crippen LogP contribution < -0.4 is 10.9 Å². The first-order chi connectivity index (χ1) is 9.63. The molecule has 20 heavy (non-hydrogen) atoms. The number of aromatic nitrogens is 2. The molecular weight excluding hydrogens is 258 g/mol. The van der Waals surface area contributed by atoms with Gasteiger partial charge >= 0.3 is 0 Å². The number of carbonyl (C=O) groups excluding carboxylic acids is 1. The molecule has 0 saturated carbocycles. The summed E-state index contributed by atoms with van der Waals surface area (Å²) in [5, 5.41) is 11.7. The Morgan fingerprint density at radius 3 is 3.00 bits per heavy atom. The van der Waals surface area contributed by atoms with E-state index in [1.54, 1.807) is 6.07 Å². The molecule has 1 aromatic heterocycles. The number of aryl methyl sites for hydroxylation is 2. The van der Waals surface area contributed by atoms with Gasteiger partial charge in [0, 0.05) is 19.5 Å². The van der Waals surface area contributed by atoms with Gasteiger partial charge < -0.3 is 10.4 Å². The maximum Gasteiger partial charge on any atom is 0.261 e. The van der Waals surface area contributed by atoms with Crippen molar-refractivity contribution < 1.29 is 9.90 Å². The Bertz CT molecular complexity index is 679. The number of carbonyl (C=O) groups is 1. The van der Waals surface area contributed by atoms with Crippen molar-refractivity contribution in [2.45, 2.75) is 19.9 Å². The lowest BCUT2D eigenvalue weighted by molar-refractivity contribution is -0.121. The predicted octanol–water partition coefficient (Wildman–Crippen LogP) is 0.204. The fraction of sp³-hybridized carbons (Fsp3) is 0.357. The van der Waals surface area contributed by atoms with Crippen LogP contribution in [0.1, 0.15) is 12.0 Å². The van der Waals surface area contributed by atoms with E-state index in [9.17, 15) is 9.59 Å². The van der Waals surface area contributed by atoms with Crippen LogP contribution in [-0.4, -0.2) is 33.7 Å². The van der Waals surface area contributed by atoms with E-state index >= 15 is 0 Å². The molecule has 0 bridgehead atoms. The molecule has 6 heteroatoms. The van der Waals surface area contributed by atoms with Crippen molar-refractivity contribution in [1.82, 2.24) is 14.9 Å². The van der Waals surface area contributed by atoms with Gasteiger partial charge in [-0.15, -0.1) is 0 Å². The van der Waals surface area contributed by atoms with Crippen LogP contribution in [0.15, 0.2) is 29.3 Å². The van der Waals surface area contributed by atoms with Crippen LogP contribution in [0.5, 0.6) is 0 Å². The van der Waals surface area contributed by atoms with Crippen LogP contribution >= 0.6 is 0 Å². The summed E-state index contributed by atoms with van der Waals surface area (Å²) in [4.78, 5) is 28.0. The molecule has 0 saturated heterocycles. The number of benzene rings is 1. The molecule has 2 rings (SSSR count). The molecule has 0 aliphatic carbocycles. The third-order valence-corrected chi connectivity index (χ3v) is 3.07. The molecule has 1 amide bonds. The van der Waals surface area contributed by atoms with E-state index in [1.807, 2.05) is 19.1 Å². The molecule has 0 unspecified atom stereocenters. The maximum atomic E-state index is 12.3. The largest absolute Gasteiger partial charge is 0.395 e. The smallest absolute Gasteiger partial charge is 0.261 e. The first kappa shape index (κ1) is 14.2. The standard InChI is InChI=1S/C14H17N3O3/c1-10-3-2-4-11-13(10)16-9-17(14(11)20)7-5-12(19)15-6-8-18/h2-4,9,18H,5-8H2,1H3,(H,15,19). The summed E-state index contributed by atoms with van der Waals surface area (Å²) in [6.45, 7) is 2.31. The number of amides is 1. The normalized spacial score (nSPS) is 10.7. The number of hydrogen-bond donors (Lipinski definition) is 2. The fourth-order valence-electron chi connectivity index (χ4n) is 2.00. The summed E-state index contributed by atoms with van der Waals surface area (Å²) in [5.41, 5.74) is 1.50. The van der Waals surface area contributed by atoms with Gasteiger partial charge in [-0.25, -0.2) is 4.98 Å². The summed E-state index contributed by atoms with van der Waals surface area (Å²) in [6.07, 6.45) is 1.65. The second-order valence-electron chi connectivity index (χ2n) is 4.54. The van der Waals surface area contributed by atoms with Gasteiger partial charge in [0.15, 0.2) is 0 Å². The molecule has 2 N–H and O–H groups in total. The first-order valence-corrected chi connectivity index (χ1v) is 6.46.